The molecular formula is C18H33NO4. The molecule has 3 atom stereocenters. The van der Waals surface area contributed by atoms with Crippen LogP contribution in [0.4, 0.5) is 0 Å². The van der Waals surface area contributed by atoms with Crippen LogP contribution in [0.2, 0.25) is 0 Å². The number of aliphatic hydroxyl groups is 1. The Hall–Kier alpha value is -0.910. The summed E-state index contributed by atoms with van der Waals surface area (Å²) in [4.78, 5) is 12.1. The van der Waals surface area contributed by atoms with Gasteiger partial charge in [0.25, 0.3) is 0 Å². The van der Waals surface area contributed by atoms with E-state index in [1.54, 1.807) is 13.0 Å². The summed E-state index contributed by atoms with van der Waals surface area (Å²) in [5, 5.41) is 14.1. The minimum atomic E-state index is -0.687. The minimum Gasteiger partial charge on any atom is -0.463 e. The molecule has 1 aliphatic carbocycles. The molecule has 0 aliphatic heterocycles. The molecule has 0 saturated heterocycles. The van der Waals surface area contributed by atoms with Crippen molar-refractivity contribution in [2.75, 3.05) is 6.61 Å². The lowest BCUT2D eigenvalue weighted by Crippen LogP contribution is -2.55. The maximum absolute atomic E-state index is 12.1. The Labute approximate surface area is 140 Å². The number of hydrogen-bond donors (Lipinski definition) is 2. The monoisotopic (exact) mass is 327 g/mol. The molecule has 0 bridgehead atoms. The number of aliphatic hydroxyl groups excluding tert-OH is 1. The average Bonchev–Trinajstić information content (AvgIpc) is 2.46. The van der Waals surface area contributed by atoms with E-state index < -0.39 is 12.2 Å². The van der Waals surface area contributed by atoms with Gasteiger partial charge in [-0.25, -0.2) is 4.79 Å². The number of carbonyl (C=O) groups excluding carboxylic acids is 1. The summed E-state index contributed by atoms with van der Waals surface area (Å²) >= 11 is 0. The number of esters is 1. The lowest BCUT2D eigenvalue weighted by atomic mass is 9.88. The van der Waals surface area contributed by atoms with E-state index in [-0.39, 0.29) is 23.7 Å². The van der Waals surface area contributed by atoms with Crippen LogP contribution < -0.4 is 5.32 Å². The van der Waals surface area contributed by atoms with Gasteiger partial charge in [-0.05, 0) is 53.0 Å². The zero-order valence-electron chi connectivity index (χ0n) is 15.4. The molecule has 0 unspecified atom stereocenters. The molecule has 23 heavy (non-hydrogen) atoms. The molecular weight excluding hydrogens is 294 g/mol. The summed E-state index contributed by atoms with van der Waals surface area (Å²) in [5.41, 5.74) is 0.414. The van der Waals surface area contributed by atoms with Gasteiger partial charge in [-0.2, -0.15) is 0 Å². The second kappa shape index (κ2) is 8.81. The Morgan fingerprint density at radius 1 is 1.35 bits per heavy atom. The van der Waals surface area contributed by atoms with Crippen molar-refractivity contribution in [1.82, 2.24) is 5.32 Å². The highest BCUT2D eigenvalue weighted by molar-refractivity contribution is 5.89. The molecule has 134 valence electrons. The molecule has 0 aromatic heterocycles. The van der Waals surface area contributed by atoms with Crippen molar-refractivity contribution >= 4 is 5.97 Å². The third-order valence-electron chi connectivity index (χ3n) is 3.97. The quantitative estimate of drug-likeness (QED) is 0.704. The van der Waals surface area contributed by atoms with Crippen LogP contribution in [-0.2, 0) is 14.3 Å². The Kier molecular flexibility index (Phi) is 7.71. The van der Waals surface area contributed by atoms with Crippen LogP contribution in [-0.4, -0.2) is 47.6 Å². The van der Waals surface area contributed by atoms with Gasteiger partial charge in [0.1, 0.15) is 6.10 Å². The van der Waals surface area contributed by atoms with Gasteiger partial charge < -0.3 is 19.9 Å². The lowest BCUT2D eigenvalue weighted by Gasteiger charge is -2.38. The SMILES string of the molecule is CCOC(=O)C1=C[C@@H](OC(CC)CC)[C@H](O)[C@H](NC(C)(C)C)C1. The third kappa shape index (κ3) is 6.24. The first-order valence-corrected chi connectivity index (χ1v) is 8.70. The van der Waals surface area contributed by atoms with Gasteiger partial charge in [-0.15, -0.1) is 0 Å². The molecule has 0 aromatic rings. The number of nitrogens with one attached hydrogen (secondary N) is 1. The van der Waals surface area contributed by atoms with Crippen LogP contribution in [0.1, 0.15) is 60.8 Å². The number of hydrogen-bond acceptors (Lipinski definition) is 5. The second-order valence-corrected chi connectivity index (χ2v) is 7.15. The summed E-state index contributed by atoms with van der Waals surface area (Å²) in [7, 11) is 0. The largest absolute Gasteiger partial charge is 0.463 e. The highest BCUT2D eigenvalue weighted by atomic mass is 16.5. The van der Waals surface area contributed by atoms with E-state index in [9.17, 15) is 9.90 Å². The molecule has 0 spiro atoms. The fourth-order valence-electron chi connectivity index (χ4n) is 2.84. The summed E-state index contributed by atoms with van der Waals surface area (Å²) in [6.07, 6.45) is 2.82. The van der Waals surface area contributed by atoms with E-state index in [1.165, 1.54) is 0 Å². The smallest absolute Gasteiger partial charge is 0.333 e. The van der Waals surface area contributed by atoms with Gasteiger partial charge in [-0.3, -0.25) is 0 Å². The normalized spacial score (nSPS) is 25.4. The summed E-state index contributed by atoms with van der Waals surface area (Å²) < 4.78 is 11.2. The van der Waals surface area contributed by atoms with Crippen LogP contribution in [0.15, 0.2) is 11.6 Å². The van der Waals surface area contributed by atoms with Crippen LogP contribution in [0.3, 0.4) is 0 Å². The Morgan fingerprint density at radius 3 is 2.43 bits per heavy atom. The zero-order valence-corrected chi connectivity index (χ0v) is 15.4. The van der Waals surface area contributed by atoms with Crippen molar-refractivity contribution in [2.45, 2.75) is 90.7 Å². The number of rotatable bonds is 7. The minimum absolute atomic E-state index is 0.0720. The fourth-order valence-corrected chi connectivity index (χ4v) is 2.84. The van der Waals surface area contributed by atoms with E-state index in [1.807, 2.05) is 20.8 Å². The zero-order chi connectivity index (χ0) is 17.6. The molecule has 2 N–H and O–H groups in total. The molecule has 5 nitrogen and oxygen atoms in total. The Morgan fingerprint density at radius 2 is 1.96 bits per heavy atom. The molecule has 1 rings (SSSR count). The molecule has 0 amide bonds. The molecule has 0 aromatic carbocycles. The summed E-state index contributed by atoms with van der Waals surface area (Å²) in [6.45, 7) is 12.4. The molecule has 0 saturated carbocycles. The number of carbonyl (C=O) groups is 1. The van der Waals surface area contributed by atoms with Crippen molar-refractivity contribution in [1.29, 1.82) is 0 Å². The first-order chi connectivity index (χ1) is 10.7. The van der Waals surface area contributed by atoms with Crippen LogP contribution >= 0.6 is 0 Å². The van der Waals surface area contributed by atoms with Gasteiger partial charge in [0.05, 0.1) is 18.8 Å². The summed E-state index contributed by atoms with van der Waals surface area (Å²) in [5.74, 6) is -0.321. The first-order valence-electron chi connectivity index (χ1n) is 8.70. The van der Waals surface area contributed by atoms with Gasteiger partial charge in [-0.1, -0.05) is 13.8 Å². The van der Waals surface area contributed by atoms with E-state index >= 15 is 0 Å². The Balaban J connectivity index is 2.98. The van der Waals surface area contributed by atoms with E-state index in [0.717, 1.165) is 12.8 Å². The van der Waals surface area contributed by atoms with Crippen molar-refractivity contribution in [3.05, 3.63) is 11.6 Å². The van der Waals surface area contributed by atoms with Crippen LogP contribution in [0, 0.1) is 0 Å². The van der Waals surface area contributed by atoms with E-state index in [4.69, 9.17) is 9.47 Å². The van der Waals surface area contributed by atoms with Gasteiger partial charge >= 0.3 is 5.97 Å². The maximum Gasteiger partial charge on any atom is 0.333 e. The fraction of sp³-hybridized carbons (Fsp3) is 0.833. The standard InChI is InChI=1S/C18H33NO4/c1-7-13(8-2)23-15-11-12(17(21)22-9-3)10-14(16(15)20)19-18(4,5)6/h11,13-16,19-20H,7-10H2,1-6H3/t14-,15-,16-/m1/s1. The molecule has 0 radical (unpaired) electrons. The van der Waals surface area contributed by atoms with Gasteiger partial charge in [0, 0.05) is 17.2 Å². The molecule has 1 aliphatic rings. The molecule has 0 heterocycles. The highest BCUT2D eigenvalue weighted by Crippen LogP contribution is 2.26. The molecule has 0 fully saturated rings. The predicted molar refractivity (Wildman–Crippen MR) is 91.3 cm³/mol. The van der Waals surface area contributed by atoms with Crippen LogP contribution in [0.25, 0.3) is 0 Å². The van der Waals surface area contributed by atoms with Gasteiger partial charge in [0.2, 0.25) is 0 Å². The first kappa shape index (κ1) is 20.1. The molecule has 5 heteroatoms. The Bertz CT molecular complexity index is 410. The van der Waals surface area contributed by atoms with Crippen molar-refractivity contribution in [3.8, 4) is 0 Å². The maximum atomic E-state index is 12.1. The van der Waals surface area contributed by atoms with Crippen LogP contribution in [0.5, 0.6) is 0 Å². The van der Waals surface area contributed by atoms with Crippen molar-refractivity contribution in [2.24, 2.45) is 0 Å². The highest BCUT2D eigenvalue weighted by Gasteiger charge is 2.37. The predicted octanol–water partition coefficient (Wildman–Crippen LogP) is 2.57. The topological polar surface area (TPSA) is 67.8 Å². The lowest BCUT2D eigenvalue weighted by molar-refractivity contribution is -0.139. The second-order valence-electron chi connectivity index (χ2n) is 7.15. The van der Waals surface area contributed by atoms with E-state index in [0.29, 0.717) is 18.6 Å². The average molecular weight is 327 g/mol. The summed E-state index contributed by atoms with van der Waals surface area (Å²) in [6, 6.07) is -0.237. The van der Waals surface area contributed by atoms with Crippen molar-refractivity contribution < 1.29 is 19.4 Å². The number of ether oxygens (including phenoxy) is 2. The van der Waals surface area contributed by atoms with Gasteiger partial charge in [0.15, 0.2) is 0 Å². The third-order valence-corrected chi connectivity index (χ3v) is 3.97. The van der Waals surface area contributed by atoms with E-state index in [2.05, 4.69) is 19.2 Å². The van der Waals surface area contributed by atoms with Crippen molar-refractivity contribution in [3.63, 3.8) is 0 Å².